The number of nitrogens with one attached hydrogen (secondary N) is 2. The Bertz CT molecular complexity index is 1160. The molecular formula is C26H34N4O6S. The van der Waals surface area contributed by atoms with Gasteiger partial charge in [-0.25, -0.2) is 8.42 Å². The second-order valence-corrected chi connectivity index (χ2v) is 10.9. The van der Waals surface area contributed by atoms with Crippen LogP contribution in [0.2, 0.25) is 0 Å². The molecule has 0 saturated carbocycles. The zero-order valence-corrected chi connectivity index (χ0v) is 21.8. The molecule has 1 atom stereocenters. The number of morpholine rings is 2. The first-order chi connectivity index (χ1) is 17.8. The van der Waals surface area contributed by atoms with Crippen LogP contribution in [0.5, 0.6) is 0 Å². The van der Waals surface area contributed by atoms with Crippen LogP contribution in [0.25, 0.3) is 0 Å². The van der Waals surface area contributed by atoms with Crippen molar-refractivity contribution in [2.45, 2.75) is 30.7 Å². The van der Waals surface area contributed by atoms with Crippen LogP contribution in [0.4, 0.5) is 11.4 Å². The van der Waals surface area contributed by atoms with Crippen molar-refractivity contribution < 1.29 is 27.5 Å². The maximum absolute atomic E-state index is 13.2. The summed E-state index contributed by atoms with van der Waals surface area (Å²) in [5.74, 6) is -0.657. The molecule has 0 bridgehead atoms. The molecule has 2 aliphatic heterocycles. The molecule has 0 aliphatic carbocycles. The predicted molar refractivity (Wildman–Crippen MR) is 140 cm³/mol. The van der Waals surface area contributed by atoms with E-state index in [4.69, 9.17) is 9.47 Å². The molecule has 2 heterocycles. The number of rotatable bonds is 9. The molecule has 11 heteroatoms. The topological polar surface area (TPSA) is 117 Å². The number of hydrogen-bond acceptors (Lipinski definition) is 7. The molecule has 0 aromatic heterocycles. The van der Waals surface area contributed by atoms with Gasteiger partial charge >= 0.3 is 0 Å². The van der Waals surface area contributed by atoms with Crippen molar-refractivity contribution >= 4 is 33.2 Å². The van der Waals surface area contributed by atoms with Crippen LogP contribution in [0.3, 0.4) is 0 Å². The largest absolute Gasteiger partial charge is 0.378 e. The van der Waals surface area contributed by atoms with Crippen LogP contribution in [0, 0.1) is 6.92 Å². The van der Waals surface area contributed by atoms with Gasteiger partial charge in [-0.2, -0.15) is 4.72 Å². The normalized spacial score (nSPS) is 17.3. The average molecular weight is 531 g/mol. The number of aryl methyl sites for hydroxylation is 1. The molecule has 2 amide bonds. The molecule has 200 valence electrons. The number of ether oxygens (including phenoxy) is 2. The summed E-state index contributed by atoms with van der Waals surface area (Å²) in [4.78, 5) is 29.9. The van der Waals surface area contributed by atoms with E-state index in [0.29, 0.717) is 45.2 Å². The summed E-state index contributed by atoms with van der Waals surface area (Å²) >= 11 is 0. The second kappa shape index (κ2) is 12.5. The molecule has 0 spiro atoms. The van der Waals surface area contributed by atoms with Crippen LogP contribution >= 0.6 is 0 Å². The Kier molecular flexibility index (Phi) is 9.14. The lowest BCUT2D eigenvalue weighted by Crippen LogP contribution is -2.45. The van der Waals surface area contributed by atoms with Crippen molar-refractivity contribution in [2.24, 2.45) is 0 Å². The molecule has 2 aromatic carbocycles. The Balaban J connectivity index is 1.45. The monoisotopic (exact) mass is 530 g/mol. The van der Waals surface area contributed by atoms with Crippen molar-refractivity contribution in [3.05, 3.63) is 54.1 Å². The van der Waals surface area contributed by atoms with E-state index in [0.717, 1.165) is 24.3 Å². The van der Waals surface area contributed by atoms with Gasteiger partial charge in [0.25, 0.3) is 0 Å². The van der Waals surface area contributed by atoms with E-state index >= 15 is 0 Å². The highest BCUT2D eigenvalue weighted by Gasteiger charge is 2.28. The first-order valence-corrected chi connectivity index (χ1v) is 14.0. The molecule has 2 saturated heterocycles. The minimum absolute atomic E-state index is 0.0268. The van der Waals surface area contributed by atoms with Crippen molar-refractivity contribution in [1.29, 1.82) is 0 Å². The molecule has 2 fully saturated rings. The van der Waals surface area contributed by atoms with Gasteiger partial charge in [-0.1, -0.05) is 17.7 Å². The predicted octanol–water partition coefficient (Wildman–Crippen LogP) is 1.76. The molecule has 0 radical (unpaired) electrons. The Hall–Kier alpha value is -2.99. The lowest BCUT2D eigenvalue weighted by atomic mass is 10.1. The van der Waals surface area contributed by atoms with E-state index in [9.17, 15) is 18.0 Å². The summed E-state index contributed by atoms with van der Waals surface area (Å²) in [7, 11) is -3.98. The molecule has 2 aromatic rings. The lowest BCUT2D eigenvalue weighted by Gasteiger charge is -2.29. The number of carbonyl (C=O) groups is 2. The number of nitrogens with zero attached hydrogens (tertiary/aromatic N) is 2. The SMILES string of the molecule is Cc1ccc(S(=O)(=O)N[C@@H](CCC(=O)N2CCOCC2)C(=O)Nc2ccc(N3CCOCC3)cc2)cc1. The van der Waals surface area contributed by atoms with E-state index in [1.54, 1.807) is 29.2 Å². The van der Waals surface area contributed by atoms with Crippen molar-refractivity contribution in [3.8, 4) is 0 Å². The third kappa shape index (κ3) is 7.51. The fourth-order valence-corrected chi connectivity index (χ4v) is 5.49. The van der Waals surface area contributed by atoms with Crippen molar-refractivity contribution in [1.82, 2.24) is 9.62 Å². The number of anilines is 2. The number of amides is 2. The van der Waals surface area contributed by atoms with Gasteiger partial charge in [0.1, 0.15) is 6.04 Å². The van der Waals surface area contributed by atoms with Crippen LogP contribution in [0.1, 0.15) is 18.4 Å². The quantitative estimate of drug-likeness (QED) is 0.507. The standard InChI is InChI=1S/C26H34N4O6S/c1-20-2-8-23(9-3-20)37(33,34)28-24(10-11-25(31)30-14-18-36-19-15-30)26(32)27-21-4-6-22(7-5-21)29-12-16-35-17-13-29/h2-9,24,28H,10-19H2,1H3,(H,27,32)/t24-/m0/s1. The summed E-state index contributed by atoms with van der Waals surface area (Å²) in [6.07, 6.45) is 0.0590. The number of benzene rings is 2. The molecule has 2 N–H and O–H groups in total. The lowest BCUT2D eigenvalue weighted by molar-refractivity contribution is -0.135. The molecule has 37 heavy (non-hydrogen) atoms. The Morgan fingerprint density at radius 3 is 2.11 bits per heavy atom. The Morgan fingerprint density at radius 2 is 1.49 bits per heavy atom. The van der Waals surface area contributed by atoms with Gasteiger partial charge in [-0.05, 0) is 49.7 Å². The smallest absolute Gasteiger partial charge is 0.242 e. The van der Waals surface area contributed by atoms with Crippen molar-refractivity contribution in [2.75, 3.05) is 62.8 Å². The highest BCUT2D eigenvalue weighted by Crippen LogP contribution is 2.20. The molecule has 4 rings (SSSR count). The summed E-state index contributed by atoms with van der Waals surface area (Å²) in [5.41, 5.74) is 2.49. The second-order valence-electron chi connectivity index (χ2n) is 9.15. The zero-order valence-electron chi connectivity index (χ0n) is 21.0. The number of sulfonamides is 1. The first-order valence-electron chi connectivity index (χ1n) is 12.5. The molecular weight excluding hydrogens is 496 g/mol. The minimum atomic E-state index is -3.98. The molecule has 10 nitrogen and oxygen atoms in total. The van der Waals surface area contributed by atoms with Gasteiger partial charge in [-0.3, -0.25) is 9.59 Å². The fourth-order valence-electron chi connectivity index (χ4n) is 4.26. The van der Waals surface area contributed by atoms with Crippen molar-refractivity contribution in [3.63, 3.8) is 0 Å². The fraction of sp³-hybridized carbons (Fsp3) is 0.462. The summed E-state index contributed by atoms with van der Waals surface area (Å²) in [6, 6.07) is 12.6. The zero-order chi connectivity index (χ0) is 26.3. The first kappa shape index (κ1) is 27.1. The van der Waals surface area contributed by atoms with Gasteiger partial charge in [0.15, 0.2) is 0 Å². The minimum Gasteiger partial charge on any atom is -0.378 e. The molecule has 0 unspecified atom stereocenters. The van der Waals surface area contributed by atoms with E-state index in [2.05, 4.69) is 14.9 Å². The van der Waals surface area contributed by atoms with E-state index in [1.807, 2.05) is 19.1 Å². The van der Waals surface area contributed by atoms with Gasteiger partial charge in [0.05, 0.1) is 31.3 Å². The van der Waals surface area contributed by atoms with Crippen LogP contribution in [-0.4, -0.2) is 83.8 Å². The number of hydrogen-bond donors (Lipinski definition) is 2. The summed E-state index contributed by atoms with van der Waals surface area (Å²) in [6.45, 7) is 6.71. The third-order valence-electron chi connectivity index (χ3n) is 6.47. The Morgan fingerprint density at radius 1 is 0.892 bits per heavy atom. The van der Waals surface area contributed by atoms with Crippen LogP contribution in [0.15, 0.2) is 53.4 Å². The number of carbonyl (C=O) groups excluding carboxylic acids is 2. The van der Waals surface area contributed by atoms with Gasteiger partial charge in [0.2, 0.25) is 21.8 Å². The van der Waals surface area contributed by atoms with Gasteiger partial charge in [0, 0.05) is 44.0 Å². The van der Waals surface area contributed by atoms with Crippen LogP contribution < -0.4 is 14.9 Å². The summed E-state index contributed by atoms with van der Waals surface area (Å²) < 4.78 is 39.3. The average Bonchev–Trinajstić information content (AvgIpc) is 2.92. The van der Waals surface area contributed by atoms with Gasteiger partial charge < -0.3 is 24.6 Å². The van der Waals surface area contributed by atoms with E-state index in [-0.39, 0.29) is 23.6 Å². The van der Waals surface area contributed by atoms with E-state index < -0.39 is 22.0 Å². The van der Waals surface area contributed by atoms with Crippen LogP contribution in [-0.2, 0) is 29.1 Å². The van der Waals surface area contributed by atoms with Gasteiger partial charge in [-0.15, -0.1) is 0 Å². The van der Waals surface area contributed by atoms with E-state index in [1.165, 1.54) is 12.1 Å². The maximum atomic E-state index is 13.2. The maximum Gasteiger partial charge on any atom is 0.242 e. The Labute approximate surface area is 218 Å². The highest BCUT2D eigenvalue weighted by atomic mass is 32.2. The molecule has 2 aliphatic rings. The highest BCUT2D eigenvalue weighted by molar-refractivity contribution is 7.89. The third-order valence-corrected chi connectivity index (χ3v) is 7.95. The summed E-state index contributed by atoms with van der Waals surface area (Å²) in [5, 5.41) is 2.80.